The number of hydrogen-bond acceptors (Lipinski definition) is 3. The lowest BCUT2D eigenvalue weighted by Gasteiger charge is -2.31. The number of urea groups is 1. The van der Waals surface area contributed by atoms with Gasteiger partial charge in [-0.1, -0.05) is 0 Å². The van der Waals surface area contributed by atoms with Gasteiger partial charge in [0.1, 0.15) is 0 Å². The summed E-state index contributed by atoms with van der Waals surface area (Å²) in [5, 5.41) is 2.82. The second kappa shape index (κ2) is 5.72. The smallest absolute Gasteiger partial charge is 0.317 e. The second-order valence-electron chi connectivity index (χ2n) is 4.41. The number of esters is 1. The van der Waals surface area contributed by atoms with Crippen LogP contribution < -0.4 is 5.32 Å². The van der Waals surface area contributed by atoms with Gasteiger partial charge in [-0.25, -0.2) is 4.79 Å². The van der Waals surface area contributed by atoms with Crippen LogP contribution >= 0.6 is 0 Å². The van der Waals surface area contributed by atoms with Crippen molar-refractivity contribution in [2.45, 2.75) is 32.7 Å². The number of methoxy groups -OCH3 is 1. The van der Waals surface area contributed by atoms with Gasteiger partial charge in [-0.15, -0.1) is 0 Å². The molecule has 1 unspecified atom stereocenters. The van der Waals surface area contributed by atoms with Crippen LogP contribution in [0.25, 0.3) is 0 Å². The van der Waals surface area contributed by atoms with E-state index in [1.54, 1.807) is 4.90 Å². The van der Waals surface area contributed by atoms with Crippen LogP contribution in [0.15, 0.2) is 0 Å². The Kier molecular flexibility index (Phi) is 4.58. The monoisotopic (exact) mass is 228 g/mol. The number of ether oxygens (including phenoxy) is 1. The molecule has 0 bridgehead atoms. The lowest BCUT2D eigenvalue weighted by Crippen LogP contribution is -2.48. The van der Waals surface area contributed by atoms with Crippen LogP contribution in [-0.2, 0) is 9.53 Å². The summed E-state index contributed by atoms with van der Waals surface area (Å²) >= 11 is 0. The Bertz CT molecular complexity index is 266. The molecular weight excluding hydrogens is 208 g/mol. The zero-order valence-corrected chi connectivity index (χ0v) is 10.2. The summed E-state index contributed by atoms with van der Waals surface area (Å²) in [6.07, 6.45) is 1.66. The number of carbonyl (C=O) groups excluding carboxylic acids is 2. The van der Waals surface area contributed by atoms with Crippen molar-refractivity contribution in [1.82, 2.24) is 10.2 Å². The van der Waals surface area contributed by atoms with Gasteiger partial charge in [-0.05, 0) is 26.7 Å². The molecule has 0 saturated carbocycles. The van der Waals surface area contributed by atoms with E-state index in [1.807, 2.05) is 13.8 Å². The van der Waals surface area contributed by atoms with Gasteiger partial charge in [0, 0.05) is 19.1 Å². The van der Waals surface area contributed by atoms with Crippen LogP contribution in [-0.4, -0.2) is 43.1 Å². The van der Waals surface area contributed by atoms with Crippen molar-refractivity contribution in [3.8, 4) is 0 Å². The zero-order chi connectivity index (χ0) is 12.1. The molecule has 0 radical (unpaired) electrons. The van der Waals surface area contributed by atoms with E-state index >= 15 is 0 Å². The Morgan fingerprint density at radius 2 is 2.12 bits per heavy atom. The third kappa shape index (κ3) is 3.40. The van der Waals surface area contributed by atoms with Crippen molar-refractivity contribution < 1.29 is 14.3 Å². The number of piperidine rings is 1. The van der Waals surface area contributed by atoms with Gasteiger partial charge < -0.3 is 15.0 Å². The van der Waals surface area contributed by atoms with Gasteiger partial charge in [-0.3, -0.25) is 4.79 Å². The van der Waals surface area contributed by atoms with Crippen LogP contribution in [0.4, 0.5) is 4.79 Å². The highest BCUT2D eigenvalue weighted by atomic mass is 16.5. The van der Waals surface area contributed by atoms with Crippen molar-refractivity contribution in [3.63, 3.8) is 0 Å². The van der Waals surface area contributed by atoms with Gasteiger partial charge in [0.05, 0.1) is 13.0 Å². The maximum Gasteiger partial charge on any atom is 0.317 e. The molecule has 1 aliphatic rings. The fourth-order valence-electron chi connectivity index (χ4n) is 1.86. The van der Waals surface area contributed by atoms with E-state index in [0.29, 0.717) is 13.1 Å². The lowest BCUT2D eigenvalue weighted by atomic mass is 9.98. The molecule has 0 aromatic rings. The summed E-state index contributed by atoms with van der Waals surface area (Å²) in [5.41, 5.74) is 0. The molecule has 0 aromatic heterocycles. The van der Waals surface area contributed by atoms with Crippen molar-refractivity contribution in [3.05, 3.63) is 0 Å². The third-order valence-electron chi connectivity index (χ3n) is 2.66. The van der Waals surface area contributed by atoms with Crippen molar-refractivity contribution in [2.75, 3.05) is 20.2 Å². The number of nitrogens with one attached hydrogen (secondary N) is 1. The summed E-state index contributed by atoms with van der Waals surface area (Å²) < 4.78 is 4.70. The molecule has 1 rings (SSSR count). The normalized spacial score (nSPS) is 20.8. The molecule has 0 aliphatic carbocycles. The maximum atomic E-state index is 11.7. The summed E-state index contributed by atoms with van der Waals surface area (Å²) in [6.45, 7) is 5.01. The highest BCUT2D eigenvalue weighted by molar-refractivity contribution is 5.77. The molecule has 0 spiro atoms. The molecule has 0 aromatic carbocycles. The first-order valence-electron chi connectivity index (χ1n) is 5.68. The predicted molar refractivity (Wildman–Crippen MR) is 60.0 cm³/mol. The topological polar surface area (TPSA) is 58.6 Å². The molecule has 16 heavy (non-hydrogen) atoms. The fraction of sp³-hybridized carbons (Fsp3) is 0.818. The maximum absolute atomic E-state index is 11.7. The molecular formula is C11H20N2O3. The second-order valence-corrected chi connectivity index (χ2v) is 4.41. The number of likely N-dealkylation sites (tertiary alicyclic amines) is 1. The van der Waals surface area contributed by atoms with E-state index in [-0.39, 0.29) is 24.0 Å². The predicted octanol–water partition coefficient (Wildman–Crippen LogP) is 0.989. The molecule has 1 atom stereocenters. The molecule has 1 saturated heterocycles. The van der Waals surface area contributed by atoms with E-state index in [4.69, 9.17) is 4.74 Å². The quantitative estimate of drug-likeness (QED) is 0.717. The minimum atomic E-state index is -0.220. The van der Waals surface area contributed by atoms with Gasteiger partial charge in [0.25, 0.3) is 0 Å². The highest BCUT2D eigenvalue weighted by Crippen LogP contribution is 2.17. The standard InChI is InChI=1S/C11H20N2O3/c1-8(2)12-11(15)13-6-4-5-9(7-13)10(14)16-3/h8-9H,4-7H2,1-3H3,(H,12,15). The van der Waals surface area contributed by atoms with E-state index in [1.165, 1.54) is 7.11 Å². The molecule has 1 N–H and O–H groups in total. The number of hydrogen-bond donors (Lipinski definition) is 1. The van der Waals surface area contributed by atoms with E-state index < -0.39 is 0 Å². The first-order valence-corrected chi connectivity index (χ1v) is 5.68. The summed E-state index contributed by atoms with van der Waals surface area (Å²) in [6, 6.07) is 0.0228. The van der Waals surface area contributed by atoms with E-state index in [9.17, 15) is 9.59 Å². The Hall–Kier alpha value is -1.26. The summed E-state index contributed by atoms with van der Waals surface area (Å²) in [5.74, 6) is -0.390. The minimum Gasteiger partial charge on any atom is -0.469 e. The summed E-state index contributed by atoms with van der Waals surface area (Å²) in [7, 11) is 1.38. The molecule has 1 aliphatic heterocycles. The number of amides is 2. The third-order valence-corrected chi connectivity index (χ3v) is 2.66. The molecule has 1 heterocycles. The number of nitrogens with zero attached hydrogens (tertiary/aromatic N) is 1. The van der Waals surface area contributed by atoms with E-state index in [0.717, 1.165) is 12.8 Å². The Morgan fingerprint density at radius 1 is 1.44 bits per heavy atom. The van der Waals surface area contributed by atoms with Gasteiger partial charge in [0.15, 0.2) is 0 Å². The SMILES string of the molecule is COC(=O)C1CCCN(C(=O)NC(C)C)C1. The van der Waals surface area contributed by atoms with Crippen LogP contribution in [0.3, 0.4) is 0 Å². The van der Waals surface area contributed by atoms with Crippen molar-refractivity contribution >= 4 is 12.0 Å². The molecule has 5 nitrogen and oxygen atoms in total. The van der Waals surface area contributed by atoms with Crippen molar-refractivity contribution in [2.24, 2.45) is 5.92 Å². The largest absolute Gasteiger partial charge is 0.469 e. The Morgan fingerprint density at radius 3 is 2.69 bits per heavy atom. The number of rotatable bonds is 2. The van der Waals surface area contributed by atoms with Crippen LogP contribution in [0.1, 0.15) is 26.7 Å². The van der Waals surface area contributed by atoms with Crippen LogP contribution in [0.5, 0.6) is 0 Å². The minimum absolute atomic E-state index is 0.0939. The van der Waals surface area contributed by atoms with Crippen LogP contribution in [0, 0.1) is 5.92 Å². The first-order chi connectivity index (χ1) is 7.54. The van der Waals surface area contributed by atoms with Crippen LogP contribution in [0.2, 0.25) is 0 Å². The van der Waals surface area contributed by atoms with Gasteiger partial charge in [0.2, 0.25) is 0 Å². The number of carbonyl (C=O) groups is 2. The molecule has 1 fully saturated rings. The van der Waals surface area contributed by atoms with Gasteiger partial charge >= 0.3 is 12.0 Å². The van der Waals surface area contributed by atoms with Gasteiger partial charge in [-0.2, -0.15) is 0 Å². The van der Waals surface area contributed by atoms with E-state index in [2.05, 4.69) is 5.32 Å². The molecule has 2 amide bonds. The average Bonchev–Trinajstić information content (AvgIpc) is 2.27. The average molecular weight is 228 g/mol. The fourth-order valence-corrected chi connectivity index (χ4v) is 1.86. The first kappa shape index (κ1) is 12.8. The Labute approximate surface area is 96.1 Å². The summed E-state index contributed by atoms with van der Waals surface area (Å²) in [4.78, 5) is 24.8. The molecule has 5 heteroatoms. The molecule has 92 valence electrons. The lowest BCUT2D eigenvalue weighted by molar-refractivity contribution is -0.146. The van der Waals surface area contributed by atoms with Crippen molar-refractivity contribution in [1.29, 1.82) is 0 Å². The Balaban J connectivity index is 2.50. The highest BCUT2D eigenvalue weighted by Gasteiger charge is 2.28. The zero-order valence-electron chi connectivity index (χ0n) is 10.2.